The van der Waals surface area contributed by atoms with Gasteiger partial charge in [0.05, 0.1) is 22.0 Å². The molecule has 8 heteroatoms. The first kappa shape index (κ1) is 18.6. The molecule has 0 saturated carbocycles. The quantitative estimate of drug-likeness (QED) is 0.805. The Kier molecular flexibility index (Phi) is 5.19. The van der Waals surface area contributed by atoms with Crippen molar-refractivity contribution in [2.75, 3.05) is 31.1 Å². The highest BCUT2D eigenvalue weighted by molar-refractivity contribution is 7.89. The number of anilines is 1. The van der Waals surface area contributed by atoms with Crippen molar-refractivity contribution in [1.82, 2.24) is 9.29 Å². The average Bonchev–Trinajstić information content (AvgIpc) is 2.61. The van der Waals surface area contributed by atoms with Gasteiger partial charge in [-0.15, -0.1) is 0 Å². The van der Waals surface area contributed by atoms with Gasteiger partial charge in [0.25, 0.3) is 0 Å². The number of nitrogens with zero attached hydrogens (tertiary/aromatic N) is 4. The number of hydrogen-bond acceptors (Lipinski definition) is 5. The second-order valence-electron chi connectivity index (χ2n) is 6.18. The minimum atomic E-state index is -3.63. The maximum atomic E-state index is 12.8. The Bertz CT molecular complexity index is 977. The van der Waals surface area contributed by atoms with Gasteiger partial charge in [-0.2, -0.15) is 9.57 Å². The predicted octanol–water partition coefficient (Wildman–Crippen LogP) is 2.73. The lowest BCUT2D eigenvalue weighted by Crippen LogP contribution is -2.49. The van der Waals surface area contributed by atoms with E-state index in [-0.39, 0.29) is 9.92 Å². The molecular weight excluding hydrogens is 372 g/mol. The Morgan fingerprint density at radius 2 is 1.81 bits per heavy atom. The highest BCUT2D eigenvalue weighted by Crippen LogP contribution is 2.28. The van der Waals surface area contributed by atoms with Crippen LogP contribution in [0.1, 0.15) is 17.0 Å². The van der Waals surface area contributed by atoms with E-state index in [1.807, 2.05) is 24.8 Å². The van der Waals surface area contributed by atoms with Gasteiger partial charge in [-0.3, -0.25) is 4.98 Å². The second kappa shape index (κ2) is 7.23. The summed E-state index contributed by atoms with van der Waals surface area (Å²) >= 11 is 6.07. The van der Waals surface area contributed by atoms with Crippen LogP contribution in [0.15, 0.2) is 35.2 Å². The van der Waals surface area contributed by atoms with Gasteiger partial charge >= 0.3 is 0 Å². The molecule has 1 fully saturated rings. The molecule has 0 radical (unpaired) electrons. The largest absolute Gasteiger partial charge is 0.368 e. The number of aromatic nitrogens is 1. The predicted molar refractivity (Wildman–Crippen MR) is 101 cm³/mol. The number of nitriles is 1. The van der Waals surface area contributed by atoms with Crippen molar-refractivity contribution >= 4 is 27.3 Å². The first-order chi connectivity index (χ1) is 12.3. The Labute approximate surface area is 158 Å². The maximum absolute atomic E-state index is 12.8. The summed E-state index contributed by atoms with van der Waals surface area (Å²) in [6.07, 6.45) is 0. The number of aryl methyl sites for hydroxylation is 2. The number of pyridine rings is 1. The van der Waals surface area contributed by atoms with Gasteiger partial charge in [0.1, 0.15) is 11.0 Å². The van der Waals surface area contributed by atoms with E-state index in [1.165, 1.54) is 10.4 Å². The third kappa shape index (κ3) is 3.40. The molecule has 26 heavy (non-hydrogen) atoms. The van der Waals surface area contributed by atoms with Crippen LogP contribution < -0.4 is 4.90 Å². The Morgan fingerprint density at radius 1 is 1.15 bits per heavy atom. The van der Waals surface area contributed by atoms with Crippen LogP contribution in [0.5, 0.6) is 0 Å². The number of piperazine rings is 1. The zero-order valence-corrected chi connectivity index (χ0v) is 16.2. The number of sulfonamides is 1. The molecule has 0 atom stereocenters. The maximum Gasteiger partial charge on any atom is 0.244 e. The average molecular weight is 391 g/mol. The van der Waals surface area contributed by atoms with Crippen molar-refractivity contribution in [3.05, 3.63) is 52.3 Å². The minimum absolute atomic E-state index is 0.128. The van der Waals surface area contributed by atoms with Crippen LogP contribution in [0, 0.1) is 25.2 Å². The summed E-state index contributed by atoms with van der Waals surface area (Å²) < 4.78 is 27.1. The number of hydrogen-bond donors (Lipinski definition) is 0. The van der Waals surface area contributed by atoms with Crippen molar-refractivity contribution in [2.45, 2.75) is 18.7 Å². The standard InChI is InChI=1S/C18H19ClN4O2S/c1-13-11-17(15(12-20)14(2)21-13)22-7-9-23(10-8-22)26(24,25)18-6-4-3-5-16(18)19/h3-6,11H,7-10H2,1-2H3. The fourth-order valence-corrected chi connectivity index (χ4v) is 5.07. The van der Waals surface area contributed by atoms with Gasteiger partial charge in [0, 0.05) is 31.9 Å². The number of rotatable bonds is 3. The molecule has 0 spiro atoms. The molecule has 0 aliphatic carbocycles. The Morgan fingerprint density at radius 3 is 2.42 bits per heavy atom. The SMILES string of the molecule is Cc1cc(N2CCN(S(=O)(=O)c3ccccc3Cl)CC2)c(C#N)c(C)n1. The smallest absolute Gasteiger partial charge is 0.244 e. The van der Waals surface area contributed by atoms with Gasteiger partial charge in [-0.05, 0) is 32.0 Å². The van der Waals surface area contributed by atoms with E-state index in [0.29, 0.717) is 37.4 Å². The molecule has 2 heterocycles. The Hall–Kier alpha value is -2.14. The van der Waals surface area contributed by atoms with Gasteiger partial charge < -0.3 is 4.90 Å². The molecule has 2 aromatic rings. The second-order valence-corrected chi connectivity index (χ2v) is 8.49. The molecule has 0 unspecified atom stereocenters. The summed E-state index contributed by atoms with van der Waals surface area (Å²) in [5, 5.41) is 9.67. The summed E-state index contributed by atoms with van der Waals surface area (Å²) in [7, 11) is -3.63. The lowest BCUT2D eigenvalue weighted by atomic mass is 10.1. The molecule has 136 valence electrons. The molecule has 1 saturated heterocycles. The molecule has 0 N–H and O–H groups in total. The molecule has 1 aliphatic rings. The van der Waals surface area contributed by atoms with Crippen molar-refractivity contribution < 1.29 is 8.42 Å². The summed E-state index contributed by atoms with van der Waals surface area (Å²) in [5.74, 6) is 0. The Balaban J connectivity index is 1.83. The molecule has 3 rings (SSSR count). The third-order valence-corrected chi connectivity index (χ3v) is 6.85. The van der Waals surface area contributed by atoms with Crippen LogP contribution in [-0.2, 0) is 10.0 Å². The lowest BCUT2D eigenvalue weighted by molar-refractivity contribution is 0.385. The monoisotopic (exact) mass is 390 g/mol. The van der Waals surface area contributed by atoms with Gasteiger partial charge in [0.15, 0.2) is 0 Å². The van der Waals surface area contributed by atoms with E-state index < -0.39 is 10.0 Å². The van der Waals surface area contributed by atoms with Crippen molar-refractivity contribution in [3.8, 4) is 6.07 Å². The van der Waals surface area contributed by atoms with Crippen LogP contribution >= 0.6 is 11.6 Å². The fourth-order valence-electron chi connectivity index (χ4n) is 3.16. The van der Waals surface area contributed by atoms with Crippen molar-refractivity contribution in [1.29, 1.82) is 5.26 Å². The molecule has 1 aromatic heterocycles. The van der Waals surface area contributed by atoms with Crippen LogP contribution in [0.4, 0.5) is 5.69 Å². The fraction of sp³-hybridized carbons (Fsp3) is 0.333. The zero-order valence-electron chi connectivity index (χ0n) is 14.6. The minimum Gasteiger partial charge on any atom is -0.368 e. The van der Waals surface area contributed by atoms with E-state index in [9.17, 15) is 13.7 Å². The van der Waals surface area contributed by atoms with Gasteiger partial charge in [-0.25, -0.2) is 8.42 Å². The van der Waals surface area contributed by atoms with Crippen LogP contribution in [0.25, 0.3) is 0 Å². The third-order valence-electron chi connectivity index (χ3n) is 4.45. The van der Waals surface area contributed by atoms with Crippen molar-refractivity contribution in [3.63, 3.8) is 0 Å². The van der Waals surface area contributed by atoms with Gasteiger partial charge in [0.2, 0.25) is 10.0 Å². The van der Waals surface area contributed by atoms with E-state index in [0.717, 1.165) is 11.4 Å². The highest BCUT2D eigenvalue weighted by atomic mass is 35.5. The molecule has 0 bridgehead atoms. The summed E-state index contributed by atoms with van der Waals surface area (Å²) in [4.78, 5) is 6.50. The van der Waals surface area contributed by atoms with Crippen LogP contribution in [0.2, 0.25) is 5.02 Å². The first-order valence-electron chi connectivity index (χ1n) is 8.22. The van der Waals surface area contributed by atoms with E-state index >= 15 is 0 Å². The van der Waals surface area contributed by atoms with E-state index in [4.69, 9.17) is 11.6 Å². The normalized spacial score (nSPS) is 15.7. The topological polar surface area (TPSA) is 77.3 Å². The highest BCUT2D eigenvalue weighted by Gasteiger charge is 2.30. The van der Waals surface area contributed by atoms with Crippen LogP contribution in [-0.4, -0.2) is 43.9 Å². The number of benzene rings is 1. The molecule has 0 amide bonds. The van der Waals surface area contributed by atoms with E-state index in [2.05, 4.69) is 11.1 Å². The molecule has 1 aliphatic heterocycles. The van der Waals surface area contributed by atoms with Crippen LogP contribution in [0.3, 0.4) is 0 Å². The van der Waals surface area contributed by atoms with Crippen molar-refractivity contribution in [2.24, 2.45) is 0 Å². The zero-order chi connectivity index (χ0) is 18.9. The molecule has 1 aromatic carbocycles. The summed E-state index contributed by atoms with van der Waals surface area (Å²) in [6, 6.07) is 10.6. The number of halogens is 1. The summed E-state index contributed by atoms with van der Waals surface area (Å²) in [6.45, 7) is 5.36. The van der Waals surface area contributed by atoms with Gasteiger partial charge in [-0.1, -0.05) is 23.7 Å². The molecule has 6 nitrogen and oxygen atoms in total. The lowest BCUT2D eigenvalue weighted by Gasteiger charge is -2.36. The van der Waals surface area contributed by atoms with E-state index in [1.54, 1.807) is 18.2 Å². The summed E-state index contributed by atoms with van der Waals surface area (Å²) in [5.41, 5.74) is 2.88. The first-order valence-corrected chi connectivity index (χ1v) is 10.0. The molecular formula is C18H19ClN4O2S.